The van der Waals surface area contributed by atoms with Crippen molar-refractivity contribution in [3.63, 3.8) is 0 Å². The van der Waals surface area contributed by atoms with E-state index < -0.39 is 50.8 Å². The van der Waals surface area contributed by atoms with Gasteiger partial charge in [-0.25, -0.2) is 8.42 Å². The number of furan rings is 1. The number of hydrogen-bond donors (Lipinski definition) is 2. The predicted molar refractivity (Wildman–Crippen MR) is 124 cm³/mol. The van der Waals surface area contributed by atoms with Crippen molar-refractivity contribution < 1.29 is 35.6 Å². The number of amides is 2. The summed E-state index contributed by atoms with van der Waals surface area (Å²) in [6, 6.07) is 11.8. The van der Waals surface area contributed by atoms with Crippen LogP contribution in [0.5, 0.6) is 0 Å². The van der Waals surface area contributed by atoms with Crippen molar-refractivity contribution in [2.75, 3.05) is 22.4 Å². The summed E-state index contributed by atoms with van der Waals surface area (Å²) in [6.45, 7) is -0.756. The van der Waals surface area contributed by atoms with Crippen LogP contribution in [0, 0.1) is 0 Å². The summed E-state index contributed by atoms with van der Waals surface area (Å²) < 4.78 is 70.0. The SMILES string of the molecule is CS(=O)(=O)N(CC(=O)Nc1ccccc1C(=O)NCc1ccco1)c1ccc(Cl)c(C(F)(F)F)c1. The summed E-state index contributed by atoms with van der Waals surface area (Å²) in [5.74, 6) is -0.917. The van der Waals surface area contributed by atoms with E-state index in [1.54, 1.807) is 24.3 Å². The van der Waals surface area contributed by atoms with Crippen LogP contribution in [0.2, 0.25) is 5.02 Å². The van der Waals surface area contributed by atoms with Crippen molar-refractivity contribution in [3.8, 4) is 0 Å². The monoisotopic (exact) mass is 529 g/mol. The van der Waals surface area contributed by atoms with Crippen molar-refractivity contribution in [1.29, 1.82) is 0 Å². The number of carbonyl (C=O) groups is 2. The zero-order valence-corrected chi connectivity index (χ0v) is 19.7. The molecule has 2 aromatic carbocycles. The Balaban J connectivity index is 1.80. The molecule has 0 radical (unpaired) electrons. The second kappa shape index (κ2) is 10.4. The second-order valence-corrected chi connectivity index (χ2v) is 9.60. The Bertz CT molecular complexity index is 1330. The summed E-state index contributed by atoms with van der Waals surface area (Å²) in [6.07, 6.45) is -2.64. The van der Waals surface area contributed by atoms with Crippen molar-refractivity contribution in [2.24, 2.45) is 0 Å². The maximum absolute atomic E-state index is 13.2. The highest BCUT2D eigenvalue weighted by Crippen LogP contribution is 2.37. The summed E-state index contributed by atoms with van der Waals surface area (Å²) in [5.41, 5.74) is -1.48. The van der Waals surface area contributed by atoms with Crippen LogP contribution in [0.1, 0.15) is 21.7 Å². The molecule has 0 fully saturated rings. The normalized spacial score (nSPS) is 11.7. The number of rotatable bonds is 8. The number of nitrogens with one attached hydrogen (secondary N) is 2. The van der Waals surface area contributed by atoms with Gasteiger partial charge in [0.2, 0.25) is 15.9 Å². The van der Waals surface area contributed by atoms with E-state index in [1.165, 1.54) is 18.4 Å². The zero-order valence-electron chi connectivity index (χ0n) is 18.1. The molecule has 0 saturated carbocycles. The largest absolute Gasteiger partial charge is 0.467 e. The Labute approximate surface area is 203 Å². The minimum absolute atomic E-state index is 0.0787. The lowest BCUT2D eigenvalue weighted by atomic mass is 10.1. The molecule has 0 aliphatic rings. The van der Waals surface area contributed by atoms with Crippen molar-refractivity contribution in [1.82, 2.24) is 5.32 Å². The molecule has 2 amide bonds. The van der Waals surface area contributed by atoms with Gasteiger partial charge in [-0.3, -0.25) is 13.9 Å². The first-order valence-electron chi connectivity index (χ1n) is 9.90. The highest BCUT2D eigenvalue weighted by atomic mass is 35.5. The van der Waals surface area contributed by atoms with Crippen LogP contribution in [0.15, 0.2) is 65.3 Å². The molecule has 1 aromatic heterocycles. The fourth-order valence-corrected chi connectivity index (χ4v) is 4.14. The highest BCUT2D eigenvalue weighted by molar-refractivity contribution is 7.92. The summed E-state index contributed by atoms with van der Waals surface area (Å²) in [5, 5.41) is 4.44. The van der Waals surface area contributed by atoms with Gasteiger partial charge in [-0.1, -0.05) is 23.7 Å². The average Bonchev–Trinajstić information content (AvgIpc) is 3.29. The number of halogens is 4. The van der Waals surface area contributed by atoms with E-state index >= 15 is 0 Å². The first kappa shape index (κ1) is 26.1. The molecule has 0 spiro atoms. The first-order valence-corrected chi connectivity index (χ1v) is 12.1. The van der Waals surface area contributed by atoms with Crippen molar-refractivity contribution in [3.05, 3.63) is 82.8 Å². The number of nitrogens with zero attached hydrogens (tertiary/aromatic N) is 1. The van der Waals surface area contributed by atoms with Gasteiger partial charge in [-0.15, -0.1) is 0 Å². The lowest BCUT2D eigenvalue weighted by Gasteiger charge is -2.23. The molecule has 186 valence electrons. The van der Waals surface area contributed by atoms with Crippen molar-refractivity contribution >= 4 is 44.8 Å². The first-order chi connectivity index (χ1) is 16.4. The van der Waals surface area contributed by atoms with Crippen LogP contribution in [0.25, 0.3) is 0 Å². The number of sulfonamides is 1. The Morgan fingerprint density at radius 2 is 1.80 bits per heavy atom. The summed E-state index contributed by atoms with van der Waals surface area (Å²) in [7, 11) is -4.17. The molecule has 8 nitrogen and oxygen atoms in total. The van der Waals surface area contributed by atoms with E-state index in [0.717, 1.165) is 18.4 Å². The smallest absolute Gasteiger partial charge is 0.417 e. The molecule has 13 heteroatoms. The zero-order chi connectivity index (χ0) is 25.8. The lowest BCUT2D eigenvalue weighted by Crippen LogP contribution is -2.38. The maximum atomic E-state index is 13.2. The van der Waals surface area contributed by atoms with Crippen LogP contribution in [-0.4, -0.2) is 33.0 Å². The summed E-state index contributed by atoms with van der Waals surface area (Å²) >= 11 is 5.61. The van der Waals surface area contributed by atoms with Gasteiger partial charge in [0.05, 0.1) is 46.6 Å². The predicted octanol–water partition coefficient (Wildman–Crippen LogP) is 4.29. The molecule has 0 aliphatic heterocycles. The molecule has 0 bridgehead atoms. The standard InChI is InChI=1S/C22H19ClF3N3O5S/c1-35(32,33)29(14-8-9-18(23)17(11-14)22(24,25)26)13-20(30)28-19-7-3-2-6-16(19)21(31)27-12-15-5-4-10-34-15/h2-11H,12-13H2,1H3,(H,27,31)(H,28,30). The molecule has 3 rings (SSSR count). The van der Waals surface area contributed by atoms with Gasteiger partial charge in [-0.2, -0.15) is 13.2 Å². The minimum atomic E-state index is -4.83. The number of para-hydroxylation sites is 1. The molecule has 2 N–H and O–H groups in total. The Hall–Kier alpha value is -3.51. The highest BCUT2D eigenvalue weighted by Gasteiger charge is 2.34. The number of hydrogen-bond acceptors (Lipinski definition) is 5. The van der Waals surface area contributed by atoms with E-state index in [9.17, 15) is 31.2 Å². The Morgan fingerprint density at radius 3 is 2.43 bits per heavy atom. The van der Waals surface area contributed by atoms with Crippen LogP contribution in [0.3, 0.4) is 0 Å². The molecule has 3 aromatic rings. The van der Waals surface area contributed by atoms with Crippen LogP contribution < -0.4 is 14.9 Å². The van der Waals surface area contributed by atoms with E-state index in [2.05, 4.69) is 10.6 Å². The fourth-order valence-electron chi connectivity index (χ4n) is 3.07. The minimum Gasteiger partial charge on any atom is -0.467 e. The van der Waals surface area contributed by atoms with Gasteiger partial charge in [-0.05, 0) is 42.5 Å². The van der Waals surface area contributed by atoms with Gasteiger partial charge >= 0.3 is 6.18 Å². The molecule has 1 heterocycles. The molecular weight excluding hydrogens is 511 g/mol. The van der Waals surface area contributed by atoms with E-state index in [-0.39, 0.29) is 17.8 Å². The van der Waals surface area contributed by atoms with Gasteiger partial charge in [0, 0.05) is 0 Å². The summed E-state index contributed by atoms with van der Waals surface area (Å²) in [4.78, 5) is 25.3. The van der Waals surface area contributed by atoms with Crippen molar-refractivity contribution in [2.45, 2.75) is 12.7 Å². The molecule has 35 heavy (non-hydrogen) atoms. The molecule has 0 atom stereocenters. The van der Waals surface area contributed by atoms with Gasteiger partial charge in [0.25, 0.3) is 5.91 Å². The van der Waals surface area contributed by atoms with Crippen LogP contribution in [0.4, 0.5) is 24.5 Å². The third-order valence-corrected chi connectivity index (χ3v) is 6.15. The van der Waals surface area contributed by atoms with E-state index in [0.29, 0.717) is 16.1 Å². The number of alkyl halides is 3. The second-order valence-electron chi connectivity index (χ2n) is 7.29. The fraction of sp³-hybridized carbons (Fsp3) is 0.182. The molecule has 0 aliphatic carbocycles. The van der Waals surface area contributed by atoms with Crippen LogP contribution >= 0.6 is 11.6 Å². The average molecular weight is 530 g/mol. The number of benzene rings is 2. The third kappa shape index (κ3) is 6.76. The number of anilines is 2. The van der Waals surface area contributed by atoms with Gasteiger partial charge in [0.1, 0.15) is 12.3 Å². The third-order valence-electron chi connectivity index (χ3n) is 4.68. The van der Waals surface area contributed by atoms with Gasteiger partial charge in [0.15, 0.2) is 0 Å². The quantitative estimate of drug-likeness (QED) is 0.452. The molecular formula is C22H19ClF3N3O5S. The van der Waals surface area contributed by atoms with Crippen LogP contribution in [-0.2, 0) is 27.5 Å². The van der Waals surface area contributed by atoms with E-state index in [1.807, 2.05) is 0 Å². The maximum Gasteiger partial charge on any atom is 0.417 e. The topological polar surface area (TPSA) is 109 Å². The lowest BCUT2D eigenvalue weighted by molar-refractivity contribution is -0.137. The van der Waals surface area contributed by atoms with E-state index in [4.69, 9.17) is 16.0 Å². The Kier molecular flexibility index (Phi) is 7.76. The molecule has 0 unspecified atom stereocenters. The molecule has 0 saturated heterocycles. The van der Waals surface area contributed by atoms with Gasteiger partial charge < -0.3 is 15.1 Å². The Morgan fingerprint density at radius 1 is 1.09 bits per heavy atom. The number of carbonyl (C=O) groups excluding carboxylic acids is 2.